The molecule has 3 aromatic rings. The zero-order valence-electron chi connectivity index (χ0n) is 16.8. The molecule has 0 saturated carbocycles. The number of ether oxygens (including phenoxy) is 2. The lowest BCUT2D eigenvalue weighted by Crippen LogP contribution is -2.25. The lowest BCUT2D eigenvalue weighted by atomic mass is 10.2. The van der Waals surface area contributed by atoms with Crippen molar-refractivity contribution in [1.29, 1.82) is 0 Å². The van der Waals surface area contributed by atoms with Crippen molar-refractivity contribution in [2.45, 2.75) is 20.0 Å². The second kappa shape index (κ2) is 9.03. The number of aryl methyl sites for hydroxylation is 2. The number of hydrogen-bond acceptors (Lipinski definition) is 5. The molecule has 0 N–H and O–H groups in total. The Morgan fingerprint density at radius 1 is 1.03 bits per heavy atom. The van der Waals surface area contributed by atoms with Crippen molar-refractivity contribution < 1.29 is 27.4 Å². The second-order valence-electron chi connectivity index (χ2n) is 6.76. The summed E-state index contributed by atoms with van der Waals surface area (Å²) in [6.45, 7) is 3.33. The summed E-state index contributed by atoms with van der Waals surface area (Å²) in [5, 5.41) is 3.94. The molecular formula is C22H19F3N2O4. The third kappa shape index (κ3) is 5.50. The first kappa shape index (κ1) is 22.1. The summed E-state index contributed by atoms with van der Waals surface area (Å²) in [6.07, 6.45) is -4.54. The molecule has 0 aliphatic heterocycles. The molecular weight excluding hydrogens is 413 g/mol. The minimum Gasteiger partial charge on any atom is -0.490 e. The van der Waals surface area contributed by atoms with Gasteiger partial charge >= 0.3 is 12.1 Å². The zero-order chi connectivity index (χ0) is 22.6. The van der Waals surface area contributed by atoms with E-state index >= 15 is 0 Å². The van der Waals surface area contributed by atoms with Crippen LogP contribution in [-0.2, 0) is 10.9 Å². The van der Waals surface area contributed by atoms with Crippen LogP contribution in [0.15, 0.2) is 59.4 Å². The zero-order valence-corrected chi connectivity index (χ0v) is 16.8. The number of halogens is 3. The Morgan fingerprint density at radius 3 is 2.48 bits per heavy atom. The third-order valence-corrected chi connectivity index (χ3v) is 4.29. The van der Waals surface area contributed by atoms with Gasteiger partial charge in [-0.05, 0) is 49.7 Å². The van der Waals surface area contributed by atoms with Crippen molar-refractivity contribution in [3.8, 4) is 11.4 Å². The first-order valence-electron chi connectivity index (χ1n) is 9.30. The summed E-state index contributed by atoms with van der Waals surface area (Å²) in [5.74, 6) is -0.380. The highest BCUT2D eigenvalue weighted by molar-refractivity contribution is 5.86. The molecule has 9 heteroatoms. The molecule has 0 aliphatic rings. The van der Waals surface area contributed by atoms with Crippen LogP contribution in [0, 0.1) is 13.8 Å². The van der Waals surface area contributed by atoms with Crippen LogP contribution in [0.3, 0.4) is 0 Å². The van der Waals surface area contributed by atoms with Crippen LogP contribution in [0.1, 0.15) is 27.3 Å². The van der Waals surface area contributed by atoms with Gasteiger partial charge in [0.1, 0.15) is 19.0 Å². The Labute approximate surface area is 175 Å². The van der Waals surface area contributed by atoms with Crippen molar-refractivity contribution in [3.63, 3.8) is 0 Å². The van der Waals surface area contributed by atoms with Gasteiger partial charge < -0.3 is 9.47 Å². The number of rotatable bonds is 6. The van der Waals surface area contributed by atoms with E-state index in [1.54, 1.807) is 6.07 Å². The van der Waals surface area contributed by atoms with Crippen LogP contribution in [0.25, 0.3) is 5.69 Å². The first-order valence-corrected chi connectivity index (χ1v) is 9.30. The van der Waals surface area contributed by atoms with E-state index in [2.05, 4.69) is 5.10 Å². The summed E-state index contributed by atoms with van der Waals surface area (Å²) >= 11 is 0. The molecule has 3 rings (SSSR count). The molecule has 0 bridgehead atoms. The number of benzene rings is 2. The topological polar surface area (TPSA) is 70.4 Å². The minimum atomic E-state index is -4.54. The van der Waals surface area contributed by atoms with Crippen LogP contribution in [0.4, 0.5) is 13.2 Å². The van der Waals surface area contributed by atoms with E-state index in [1.165, 1.54) is 19.1 Å². The normalized spacial score (nSPS) is 11.3. The van der Waals surface area contributed by atoms with Crippen LogP contribution < -0.4 is 10.2 Å². The van der Waals surface area contributed by atoms with Gasteiger partial charge in [0.15, 0.2) is 0 Å². The molecule has 0 radical (unpaired) electrons. The molecule has 0 spiro atoms. The van der Waals surface area contributed by atoms with Gasteiger partial charge in [0.05, 0.1) is 11.3 Å². The molecule has 6 nitrogen and oxygen atoms in total. The van der Waals surface area contributed by atoms with E-state index in [4.69, 9.17) is 9.47 Å². The van der Waals surface area contributed by atoms with Crippen molar-refractivity contribution in [3.05, 3.63) is 87.3 Å². The molecule has 0 aliphatic carbocycles. The van der Waals surface area contributed by atoms with Gasteiger partial charge in [0.2, 0.25) is 11.1 Å². The number of aromatic nitrogens is 2. The summed E-state index contributed by atoms with van der Waals surface area (Å²) in [5.41, 5.74) is -0.757. The molecule has 0 unspecified atom stereocenters. The summed E-state index contributed by atoms with van der Waals surface area (Å²) in [4.78, 5) is 24.5. The fraction of sp³-hybridized carbons (Fsp3) is 0.227. The van der Waals surface area contributed by atoms with E-state index < -0.39 is 28.8 Å². The molecule has 162 valence electrons. The predicted octanol–water partition coefficient (Wildman–Crippen LogP) is 4.10. The monoisotopic (exact) mass is 432 g/mol. The van der Waals surface area contributed by atoms with Gasteiger partial charge in [0, 0.05) is 11.8 Å². The van der Waals surface area contributed by atoms with Gasteiger partial charge in [-0.1, -0.05) is 18.2 Å². The number of nitrogens with zero attached hydrogens (tertiary/aromatic N) is 2. The number of carbonyl (C=O) groups is 1. The SMILES string of the molecule is Cc1cccc(OCCOC(=O)c2nn(-c3cccc(C(F)(F)F)c3)c(C)cc2=O)c1. The quantitative estimate of drug-likeness (QED) is 0.433. The fourth-order valence-corrected chi connectivity index (χ4v) is 2.83. The summed E-state index contributed by atoms with van der Waals surface area (Å²) < 4.78 is 50.6. The maximum Gasteiger partial charge on any atom is 0.416 e. The van der Waals surface area contributed by atoms with Crippen molar-refractivity contribution in [1.82, 2.24) is 9.78 Å². The van der Waals surface area contributed by atoms with E-state index in [-0.39, 0.29) is 24.6 Å². The summed E-state index contributed by atoms with van der Waals surface area (Å²) in [7, 11) is 0. The van der Waals surface area contributed by atoms with Crippen molar-refractivity contribution >= 4 is 5.97 Å². The molecule has 1 aromatic heterocycles. The largest absolute Gasteiger partial charge is 0.490 e. The van der Waals surface area contributed by atoms with Crippen LogP contribution in [0.2, 0.25) is 0 Å². The lowest BCUT2D eigenvalue weighted by Gasteiger charge is -2.13. The Morgan fingerprint density at radius 2 is 1.77 bits per heavy atom. The van der Waals surface area contributed by atoms with Crippen molar-refractivity contribution in [2.75, 3.05) is 13.2 Å². The van der Waals surface area contributed by atoms with Crippen LogP contribution in [0.5, 0.6) is 5.75 Å². The molecule has 1 heterocycles. The van der Waals surface area contributed by atoms with Crippen LogP contribution >= 0.6 is 0 Å². The van der Waals surface area contributed by atoms with E-state index in [0.29, 0.717) is 5.75 Å². The molecule has 0 saturated heterocycles. The lowest BCUT2D eigenvalue weighted by molar-refractivity contribution is -0.137. The number of hydrogen-bond donors (Lipinski definition) is 0. The Hall–Kier alpha value is -3.62. The highest BCUT2D eigenvalue weighted by Crippen LogP contribution is 2.30. The van der Waals surface area contributed by atoms with E-state index in [1.807, 2.05) is 25.1 Å². The maximum absolute atomic E-state index is 13.0. The molecule has 0 amide bonds. The minimum absolute atomic E-state index is 0.0584. The van der Waals surface area contributed by atoms with Gasteiger partial charge in [-0.15, -0.1) is 0 Å². The summed E-state index contributed by atoms with van der Waals surface area (Å²) in [6, 6.07) is 12.8. The van der Waals surface area contributed by atoms with Crippen LogP contribution in [-0.4, -0.2) is 29.0 Å². The van der Waals surface area contributed by atoms with Gasteiger partial charge in [-0.25, -0.2) is 9.48 Å². The van der Waals surface area contributed by atoms with E-state index in [9.17, 15) is 22.8 Å². The number of alkyl halides is 3. The van der Waals surface area contributed by atoms with E-state index in [0.717, 1.165) is 28.4 Å². The molecule has 0 atom stereocenters. The highest BCUT2D eigenvalue weighted by Gasteiger charge is 2.30. The molecule has 0 fully saturated rings. The molecule has 31 heavy (non-hydrogen) atoms. The fourth-order valence-electron chi connectivity index (χ4n) is 2.83. The van der Waals surface area contributed by atoms with Gasteiger partial charge in [-0.2, -0.15) is 18.3 Å². The maximum atomic E-state index is 13.0. The second-order valence-corrected chi connectivity index (χ2v) is 6.76. The Kier molecular flexibility index (Phi) is 6.43. The Bertz CT molecular complexity index is 1160. The number of esters is 1. The first-order chi connectivity index (χ1) is 14.6. The smallest absolute Gasteiger partial charge is 0.416 e. The predicted molar refractivity (Wildman–Crippen MR) is 107 cm³/mol. The van der Waals surface area contributed by atoms with Gasteiger partial charge in [-0.3, -0.25) is 4.79 Å². The van der Waals surface area contributed by atoms with Crippen molar-refractivity contribution in [2.24, 2.45) is 0 Å². The molecule has 2 aromatic carbocycles. The average Bonchev–Trinajstić information content (AvgIpc) is 2.71. The number of carbonyl (C=O) groups excluding carboxylic acids is 1. The highest BCUT2D eigenvalue weighted by atomic mass is 19.4. The third-order valence-electron chi connectivity index (χ3n) is 4.29. The average molecular weight is 432 g/mol. The standard InChI is InChI=1S/C22H19F3N2O4/c1-14-5-3-8-18(11-14)30-9-10-31-21(29)20-19(28)12-15(2)27(26-20)17-7-4-6-16(13-17)22(23,24)25/h3-8,11-13H,9-10H2,1-2H3. The Balaban J connectivity index is 1.75. The van der Waals surface area contributed by atoms with Gasteiger partial charge in [0.25, 0.3) is 0 Å².